The van der Waals surface area contributed by atoms with Crippen LogP contribution in [0.4, 0.5) is 4.39 Å². The summed E-state index contributed by atoms with van der Waals surface area (Å²) in [4.78, 5) is 12.0. The summed E-state index contributed by atoms with van der Waals surface area (Å²) >= 11 is 0. The van der Waals surface area contributed by atoms with Gasteiger partial charge in [0, 0.05) is 17.6 Å². The Bertz CT molecular complexity index is 636. The molecular weight excluding hydrogens is 267 g/mol. The predicted octanol–water partition coefficient (Wildman–Crippen LogP) is 2.75. The Hall–Kier alpha value is -1.74. The normalized spacial score (nSPS) is 14.3. The third-order valence-corrected chi connectivity index (χ3v) is 4.12. The van der Waals surface area contributed by atoms with Crippen molar-refractivity contribution in [2.24, 2.45) is 9.78 Å². The lowest BCUT2D eigenvalue weighted by molar-refractivity contribution is -0.118. The van der Waals surface area contributed by atoms with Gasteiger partial charge in [0.1, 0.15) is 5.82 Å². The smallest absolute Gasteiger partial charge is 0.255 e. The summed E-state index contributed by atoms with van der Waals surface area (Å²) < 4.78 is 28.7. The summed E-state index contributed by atoms with van der Waals surface area (Å²) in [7, 11) is -2.91. The molecule has 6 heteroatoms. The van der Waals surface area contributed by atoms with E-state index in [2.05, 4.69) is 4.36 Å². The van der Waals surface area contributed by atoms with Gasteiger partial charge in [0.2, 0.25) is 0 Å². The zero-order chi connectivity index (χ0) is 14.7. The predicted molar refractivity (Wildman–Crippen MR) is 70.2 cm³/mol. The van der Waals surface area contributed by atoms with E-state index in [1.807, 2.05) is 6.07 Å². The minimum Gasteiger partial charge on any atom is -0.272 e. The molecule has 0 aliphatic heterocycles. The summed E-state index contributed by atoms with van der Waals surface area (Å²) in [5.74, 6) is -1.04. The van der Waals surface area contributed by atoms with Crippen LogP contribution in [0.2, 0.25) is 0 Å². The Balaban J connectivity index is 3.04. The monoisotopic (exact) mass is 282 g/mol. The average molecular weight is 282 g/mol. The molecule has 0 aliphatic rings. The third kappa shape index (κ3) is 4.45. The lowest BCUT2D eigenvalue weighted by Gasteiger charge is -2.12. The van der Waals surface area contributed by atoms with E-state index < -0.39 is 26.9 Å². The first-order valence-electron chi connectivity index (χ1n) is 5.58. The molecule has 0 spiro atoms. The first kappa shape index (κ1) is 15.3. The van der Waals surface area contributed by atoms with Crippen molar-refractivity contribution in [2.75, 3.05) is 6.26 Å². The second-order valence-corrected chi connectivity index (χ2v) is 7.17. The first-order chi connectivity index (χ1) is 8.66. The number of nitrogens with zero attached hydrogens (tertiary/aromatic N) is 2. The van der Waals surface area contributed by atoms with Crippen molar-refractivity contribution in [1.29, 1.82) is 5.26 Å². The molecule has 0 aliphatic carbocycles. The lowest BCUT2D eigenvalue weighted by Crippen LogP contribution is -2.14. The third-order valence-electron chi connectivity index (χ3n) is 2.42. The fourth-order valence-electron chi connectivity index (χ4n) is 1.38. The molecule has 1 aromatic rings. The number of carbonyl (C=O) groups excluding carboxylic acids is 1. The van der Waals surface area contributed by atoms with Crippen LogP contribution >= 0.6 is 0 Å². The maximum atomic E-state index is 12.8. The summed E-state index contributed by atoms with van der Waals surface area (Å²) in [5, 5.41) is 8.83. The Morgan fingerprint density at radius 1 is 1.42 bits per heavy atom. The highest BCUT2D eigenvalue weighted by Crippen LogP contribution is 2.20. The van der Waals surface area contributed by atoms with Crippen LogP contribution in [0.25, 0.3) is 0 Å². The van der Waals surface area contributed by atoms with Gasteiger partial charge in [-0.2, -0.15) is 9.62 Å². The highest BCUT2D eigenvalue weighted by atomic mass is 32.2. The molecule has 0 heterocycles. The molecular formula is C13H15FN2O2S. The topological polar surface area (TPSA) is 70.3 Å². The largest absolute Gasteiger partial charge is 0.272 e. The molecule has 0 fully saturated rings. The van der Waals surface area contributed by atoms with Gasteiger partial charge in [0.25, 0.3) is 5.91 Å². The number of hydrogen-bond acceptors (Lipinski definition) is 3. The van der Waals surface area contributed by atoms with Gasteiger partial charge in [0.05, 0.1) is 21.2 Å². The van der Waals surface area contributed by atoms with E-state index in [1.54, 1.807) is 13.8 Å². The maximum absolute atomic E-state index is 12.8. The molecule has 1 amide bonds. The minimum atomic E-state index is -2.91. The first-order valence-corrected chi connectivity index (χ1v) is 7.50. The molecule has 19 heavy (non-hydrogen) atoms. The molecule has 1 atom stereocenters. The van der Waals surface area contributed by atoms with E-state index in [0.717, 1.165) is 12.1 Å². The minimum absolute atomic E-state index is 0.102. The Morgan fingerprint density at radius 3 is 2.42 bits per heavy atom. The Labute approximate surface area is 112 Å². The van der Waals surface area contributed by atoms with E-state index in [1.165, 1.54) is 18.4 Å². The molecule has 1 unspecified atom stereocenters. The molecule has 0 bridgehead atoms. The molecule has 0 radical (unpaired) electrons. The number of halogens is 1. The van der Waals surface area contributed by atoms with E-state index in [4.69, 9.17) is 5.26 Å². The lowest BCUT2D eigenvalue weighted by atomic mass is 9.91. The second-order valence-electron chi connectivity index (χ2n) is 4.91. The van der Waals surface area contributed by atoms with Crippen LogP contribution in [0.15, 0.2) is 33.5 Å². The van der Waals surface area contributed by atoms with Crippen molar-refractivity contribution in [1.82, 2.24) is 0 Å². The van der Waals surface area contributed by atoms with E-state index >= 15 is 0 Å². The number of carbonyl (C=O) groups is 1. The van der Waals surface area contributed by atoms with Gasteiger partial charge in [-0.1, -0.05) is 0 Å². The van der Waals surface area contributed by atoms with Gasteiger partial charge in [-0.15, -0.1) is 0 Å². The van der Waals surface area contributed by atoms with Crippen molar-refractivity contribution in [3.05, 3.63) is 30.1 Å². The standard InChI is InChI=1S/C13H15FN2O2S/c1-13(2,9-15)8-12(17)16-19(3,18)11-6-4-10(14)5-7-11/h4-7H,8H2,1-3H3. The van der Waals surface area contributed by atoms with Crippen LogP contribution < -0.4 is 0 Å². The number of rotatable bonds is 3. The van der Waals surface area contributed by atoms with Crippen LogP contribution in [-0.4, -0.2) is 16.4 Å². The van der Waals surface area contributed by atoms with E-state index in [9.17, 15) is 13.4 Å². The highest BCUT2D eigenvalue weighted by molar-refractivity contribution is 7.93. The van der Waals surface area contributed by atoms with Crippen molar-refractivity contribution in [3.8, 4) is 6.07 Å². The van der Waals surface area contributed by atoms with Crippen molar-refractivity contribution >= 4 is 15.6 Å². The summed E-state index contributed by atoms with van der Waals surface area (Å²) in [5.41, 5.74) is -0.848. The van der Waals surface area contributed by atoms with Crippen LogP contribution in [0.1, 0.15) is 20.3 Å². The van der Waals surface area contributed by atoms with Crippen molar-refractivity contribution in [2.45, 2.75) is 25.2 Å². The number of amides is 1. The number of benzene rings is 1. The maximum Gasteiger partial charge on any atom is 0.255 e. The highest BCUT2D eigenvalue weighted by Gasteiger charge is 2.22. The Kier molecular flexibility index (Phi) is 4.43. The molecule has 0 saturated heterocycles. The molecule has 1 rings (SSSR count). The zero-order valence-corrected chi connectivity index (χ0v) is 11.8. The number of hydrogen-bond donors (Lipinski definition) is 0. The summed E-state index contributed by atoms with van der Waals surface area (Å²) in [6.07, 6.45) is 1.22. The molecule has 0 N–H and O–H groups in total. The quantitative estimate of drug-likeness (QED) is 0.855. The number of nitriles is 1. The van der Waals surface area contributed by atoms with Crippen LogP contribution in [0.3, 0.4) is 0 Å². The van der Waals surface area contributed by atoms with Gasteiger partial charge >= 0.3 is 0 Å². The van der Waals surface area contributed by atoms with E-state index in [-0.39, 0.29) is 11.3 Å². The van der Waals surface area contributed by atoms with Gasteiger partial charge in [-0.05, 0) is 38.1 Å². The summed E-state index contributed by atoms with van der Waals surface area (Å²) in [6, 6.07) is 6.99. The van der Waals surface area contributed by atoms with Crippen LogP contribution in [0, 0.1) is 22.6 Å². The molecule has 0 saturated carbocycles. The SMILES string of the molecule is CC(C)(C#N)CC(=O)N=S(C)(=O)c1ccc(F)cc1. The zero-order valence-electron chi connectivity index (χ0n) is 11.0. The molecule has 4 nitrogen and oxygen atoms in total. The van der Waals surface area contributed by atoms with Crippen molar-refractivity contribution in [3.63, 3.8) is 0 Å². The van der Waals surface area contributed by atoms with Gasteiger partial charge < -0.3 is 0 Å². The molecule has 0 aromatic heterocycles. The molecule has 1 aromatic carbocycles. The van der Waals surface area contributed by atoms with Gasteiger partial charge in [-0.25, -0.2) is 8.60 Å². The van der Waals surface area contributed by atoms with Gasteiger partial charge in [-0.3, -0.25) is 4.79 Å². The Morgan fingerprint density at radius 2 is 1.95 bits per heavy atom. The van der Waals surface area contributed by atoms with Crippen LogP contribution in [0.5, 0.6) is 0 Å². The summed E-state index contributed by atoms with van der Waals surface area (Å²) in [6.45, 7) is 3.21. The fourth-order valence-corrected chi connectivity index (χ4v) is 2.58. The fraction of sp³-hybridized carbons (Fsp3) is 0.385. The van der Waals surface area contributed by atoms with Gasteiger partial charge in [0.15, 0.2) is 0 Å². The molecule has 102 valence electrons. The van der Waals surface area contributed by atoms with E-state index in [0.29, 0.717) is 0 Å². The average Bonchev–Trinajstić information content (AvgIpc) is 2.28. The van der Waals surface area contributed by atoms with Crippen LogP contribution in [-0.2, 0) is 14.5 Å². The second kappa shape index (κ2) is 5.49. The van der Waals surface area contributed by atoms with Crippen molar-refractivity contribution < 1.29 is 13.4 Å².